The van der Waals surface area contributed by atoms with Crippen molar-refractivity contribution in [1.29, 1.82) is 0 Å². The van der Waals surface area contributed by atoms with Crippen LogP contribution in [0.1, 0.15) is 15.9 Å². The SMILES string of the molecule is COc1ccc(OCc2c[nH]c3c(C(=O)O)cccc23)cc1. The van der Waals surface area contributed by atoms with Crippen LogP contribution in [0.25, 0.3) is 10.9 Å². The maximum atomic E-state index is 11.2. The molecule has 0 saturated heterocycles. The molecule has 0 spiro atoms. The van der Waals surface area contributed by atoms with E-state index in [2.05, 4.69) is 4.98 Å². The van der Waals surface area contributed by atoms with E-state index in [1.807, 2.05) is 30.3 Å². The zero-order valence-corrected chi connectivity index (χ0v) is 12.0. The van der Waals surface area contributed by atoms with Crippen LogP contribution in [-0.2, 0) is 6.61 Å². The third-order valence-corrected chi connectivity index (χ3v) is 3.49. The van der Waals surface area contributed by atoms with E-state index < -0.39 is 5.97 Å². The van der Waals surface area contributed by atoms with Crippen molar-refractivity contribution >= 4 is 16.9 Å². The smallest absolute Gasteiger partial charge is 0.337 e. The van der Waals surface area contributed by atoms with Crippen LogP contribution in [0.15, 0.2) is 48.7 Å². The first-order valence-electron chi connectivity index (χ1n) is 6.78. The van der Waals surface area contributed by atoms with Crippen LogP contribution in [0.2, 0.25) is 0 Å². The van der Waals surface area contributed by atoms with Crippen molar-refractivity contribution in [3.05, 3.63) is 59.8 Å². The second-order valence-electron chi connectivity index (χ2n) is 4.81. The molecule has 3 rings (SSSR count). The van der Waals surface area contributed by atoms with E-state index in [9.17, 15) is 9.90 Å². The molecular weight excluding hydrogens is 282 g/mol. The van der Waals surface area contributed by atoms with E-state index in [0.717, 1.165) is 22.4 Å². The van der Waals surface area contributed by atoms with Gasteiger partial charge in [0.05, 0.1) is 18.2 Å². The quantitative estimate of drug-likeness (QED) is 0.756. The fraction of sp³-hybridized carbons (Fsp3) is 0.118. The van der Waals surface area contributed by atoms with Gasteiger partial charge in [-0.2, -0.15) is 0 Å². The van der Waals surface area contributed by atoms with Gasteiger partial charge in [0, 0.05) is 17.1 Å². The molecule has 0 bridgehead atoms. The predicted molar refractivity (Wildman–Crippen MR) is 82.6 cm³/mol. The van der Waals surface area contributed by atoms with Gasteiger partial charge in [-0.15, -0.1) is 0 Å². The molecule has 0 amide bonds. The molecule has 112 valence electrons. The number of aromatic nitrogens is 1. The number of ether oxygens (including phenoxy) is 2. The van der Waals surface area contributed by atoms with Crippen LogP contribution in [0.4, 0.5) is 0 Å². The van der Waals surface area contributed by atoms with E-state index >= 15 is 0 Å². The minimum atomic E-state index is -0.949. The second kappa shape index (κ2) is 5.81. The fourth-order valence-corrected chi connectivity index (χ4v) is 2.34. The molecule has 0 aliphatic heterocycles. The minimum Gasteiger partial charge on any atom is -0.497 e. The number of rotatable bonds is 5. The zero-order chi connectivity index (χ0) is 15.5. The normalized spacial score (nSPS) is 10.6. The molecule has 0 aliphatic rings. The van der Waals surface area contributed by atoms with Crippen LogP contribution in [0.3, 0.4) is 0 Å². The third-order valence-electron chi connectivity index (χ3n) is 3.49. The highest BCUT2D eigenvalue weighted by atomic mass is 16.5. The Kier molecular flexibility index (Phi) is 3.70. The molecule has 0 aliphatic carbocycles. The average Bonchev–Trinajstić information content (AvgIpc) is 2.96. The van der Waals surface area contributed by atoms with E-state index in [4.69, 9.17) is 9.47 Å². The first-order valence-corrected chi connectivity index (χ1v) is 6.78. The van der Waals surface area contributed by atoms with E-state index in [0.29, 0.717) is 12.1 Å². The summed E-state index contributed by atoms with van der Waals surface area (Å²) in [6.07, 6.45) is 1.78. The molecule has 0 fully saturated rings. The maximum absolute atomic E-state index is 11.2. The van der Waals surface area contributed by atoms with Gasteiger partial charge in [-0.05, 0) is 30.3 Å². The Bertz CT molecular complexity index is 805. The Morgan fingerprint density at radius 1 is 1.14 bits per heavy atom. The standard InChI is InChI=1S/C17H15NO4/c1-21-12-5-7-13(8-6-12)22-10-11-9-18-16-14(11)3-2-4-15(16)17(19)20/h2-9,18H,10H2,1H3,(H,19,20). The number of hydrogen-bond donors (Lipinski definition) is 2. The number of carboxylic acid groups (broad SMARTS) is 1. The van der Waals surface area contributed by atoms with Crippen LogP contribution in [0.5, 0.6) is 11.5 Å². The summed E-state index contributed by atoms with van der Waals surface area (Å²) in [5.41, 5.74) is 1.78. The number of H-pyrrole nitrogens is 1. The first-order chi connectivity index (χ1) is 10.7. The van der Waals surface area contributed by atoms with Gasteiger partial charge in [-0.25, -0.2) is 4.79 Å². The van der Waals surface area contributed by atoms with Gasteiger partial charge in [-0.3, -0.25) is 0 Å². The van der Waals surface area contributed by atoms with E-state index in [1.165, 1.54) is 0 Å². The lowest BCUT2D eigenvalue weighted by Gasteiger charge is -2.06. The Morgan fingerprint density at radius 2 is 1.86 bits per heavy atom. The molecule has 5 heteroatoms. The summed E-state index contributed by atoms with van der Waals surface area (Å²) in [4.78, 5) is 14.2. The highest BCUT2D eigenvalue weighted by molar-refractivity contribution is 6.02. The monoisotopic (exact) mass is 297 g/mol. The lowest BCUT2D eigenvalue weighted by molar-refractivity contribution is 0.0699. The topological polar surface area (TPSA) is 71.5 Å². The number of carboxylic acids is 1. The molecule has 1 heterocycles. The van der Waals surface area contributed by atoms with Crippen LogP contribution in [-0.4, -0.2) is 23.2 Å². The number of benzene rings is 2. The molecule has 0 saturated carbocycles. The molecule has 22 heavy (non-hydrogen) atoms. The highest BCUT2D eigenvalue weighted by Gasteiger charge is 2.12. The molecule has 1 aromatic heterocycles. The third kappa shape index (κ3) is 2.61. The Labute approximate surface area is 127 Å². The molecule has 0 unspecified atom stereocenters. The lowest BCUT2D eigenvalue weighted by atomic mass is 10.1. The number of fused-ring (bicyclic) bond motifs is 1. The molecule has 2 aromatic carbocycles. The molecule has 0 atom stereocenters. The maximum Gasteiger partial charge on any atom is 0.337 e. The van der Waals surface area contributed by atoms with Gasteiger partial charge < -0.3 is 19.6 Å². The van der Waals surface area contributed by atoms with Gasteiger partial charge >= 0.3 is 5.97 Å². The van der Waals surface area contributed by atoms with Crippen molar-refractivity contribution in [2.45, 2.75) is 6.61 Å². The summed E-state index contributed by atoms with van der Waals surface area (Å²) in [6, 6.07) is 12.5. The van der Waals surface area contributed by atoms with Gasteiger partial charge in [0.1, 0.15) is 18.1 Å². The van der Waals surface area contributed by atoms with Crippen LogP contribution < -0.4 is 9.47 Å². The summed E-state index contributed by atoms with van der Waals surface area (Å²) < 4.78 is 10.8. The fourth-order valence-electron chi connectivity index (χ4n) is 2.34. The molecule has 3 aromatic rings. The molecule has 2 N–H and O–H groups in total. The zero-order valence-electron chi connectivity index (χ0n) is 12.0. The minimum absolute atomic E-state index is 0.258. The van der Waals surface area contributed by atoms with Gasteiger partial charge in [-0.1, -0.05) is 12.1 Å². The first kappa shape index (κ1) is 14.0. The number of aromatic carboxylic acids is 1. The van der Waals surface area contributed by atoms with Crippen molar-refractivity contribution < 1.29 is 19.4 Å². The molecular formula is C17H15NO4. The Hall–Kier alpha value is -2.95. The largest absolute Gasteiger partial charge is 0.497 e. The van der Waals surface area contributed by atoms with Gasteiger partial charge in [0.25, 0.3) is 0 Å². The summed E-state index contributed by atoms with van der Waals surface area (Å²) in [6.45, 7) is 0.357. The highest BCUT2D eigenvalue weighted by Crippen LogP contribution is 2.24. The summed E-state index contributed by atoms with van der Waals surface area (Å²) in [5, 5.41) is 10.0. The van der Waals surface area contributed by atoms with Crippen molar-refractivity contribution in [2.75, 3.05) is 7.11 Å². The molecule has 0 radical (unpaired) electrons. The van der Waals surface area contributed by atoms with Crippen LogP contribution >= 0.6 is 0 Å². The summed E-state index contributed by atoms with van der Waals surface area (Å²) in [7, 11) is 1.61. The summed E-state index contributed by atoms with van der Waals surface area (Å²) >= 11 is 0. The molecule has 5 nitrogen and oxygen atoms in total. The number of para-hydroxylation sites is 1. The number of carbonyl (C=O) groups is 1. The van der Waals surface area contributed by atoms with Crippen molar-refractivity contribution in [3.8, 4) is 11.5 Å². The van der Waals surface area contributed by atoms with E-state index in [-0.39, 0.29) is 5.56 Å². The van der Waals surface area contributed by atoms with E-state index in [1.54, 1.807) is 25.4 Å². The number of methoxy groups -OCH3 is 1. The number of nitrogens with one attached hydrogen (secondary N) is 1. The predicted octanol–water partition coefficient (Wildman–Crippen LogP) is 3.45. The average molecular weight is 297 g/mol. The Morgan fingerprint density at radius 3 is 2.55 bits per heavy atom. The number of hydrogen-bond acceptors (Lipinski definition) is 3. The van der Waals surface area contributed by atoms with Gasteiger partial charge in [0.2, 0.25) is 0 Å². The second-order valence-corrected chi connectivity index (χ2v) is 4.81. The van der Waals surface area contributed by atoms with Crippen molar-refractivity contribution in [1.82, 2.24) is 4.98 Å². The van der Waals surface area contributed by atoms with Gasteiger partial charge in [0.15, 0.2) is 0 Å². The van der Waals surface area contributed by atoms with Crippen LogP contribution in [0, 0.1) is 0 Å². The summed E-state index contributed by atoms with van der Waals surface area (Å²) in [5.74, 6) is 0.546. The van der Waals surface area contributed by atoms with Crippen molar-refractivity contribution in [3.63, 3.8) is 0 Å². The lowest BCUT2D eigenvalue weighted by Crippen LogP contribution is -1.97. The Balaban J connectivity index is 1.82. The number of aromatic amines is 1. The van der Waals surface area contributed by atoms with Crippen molar-refractivity contribution in [2.24, 2.45) is 0 Å².